The number of benzene rings is 2. The molecule has 1 unspecified atom stereocenters. The molecule has 4 heterocycles. The predicted molar refractivity (Wildman–Crippen MR) is 152 cm³/mol. The summed E-state index contributed by atoms with van der Waals surface area (Å²) in [6.45, 7) is 6.53. The molecule has 2 aliphatic rings. The topological polar surface area (TPSA) is 118 Å². The molecular formula is C28H28N6O4S2. The average molecular weight is 577 g/mol. The molecule has 2 aromatic heterocycles. The van der Waals surface area contributed by atoms with E-state index in [1.54, 1.807) is 40.6 Å². The molecule has 12 heteroatoms. The number of nitrogens with zero attached hydrogens (tertiary/aromatic N) is 5. The van der Waals surface area contributed by atoms with E-state index >= 15 is 0 Å². The standard InChI is InChI=1S/C28H28N6O4S2/c1-18-5-3-6-19(2)26(18)23-14-24-31-28(30-23)32-40(36,37)22-8-4-7-20(13-22)27(35)34-11-10-33(15-21(16-34)38-24)17-25-29-9-12-39-25/h3-9,12-14,21H,10-11,15-17H2,1-2H3,(H,30,31,32). The summed E-state index contributed by atoms with van der Waals surface area (Å²) in [4.78, 5) is 31.0. The molecule has 0 saturated carbocycles. The van der Waals surface area contributed by atoms with Crippen molar-refractivity contribution in [2.24, 2.45) is 0 Å². The molecule has 1 fully saturated rings. The van der Waals surface area contributed by atoms with Gasteiger partial charge in [0.25, 0.3) is 15.9 Å². The minimum Gasteiger partial charge on any atom is -0.471 e. The summed E-state index contributed by atoms with van der Waals surface area (Å²) < 4.78 is 35.7. The number of nitrogens with one attached hydrogen (secondary N) is 1. The third-order valence-corrected chi connectivity index (χ3v) is 9.14. The molecule has 206 valence electrons. The van der Waals surface area contributed by atoms with Crippen molar-refractivity contribution in [3.8, 4) is 17.1 Å². The van der Waals surface area contributed by atoms with E-state index in [9.17, 15) is 13.2 Å². The lowest BCUT2D eigenvalue weighted by atomic mass is 10.00. The van der Waals surface area contributed by atoms with E-state index in [0.29, 0.717) is 38.4 Å². The molecule has 1 atom stereocenters. The first-order valence-electron chi connectivity index (χ1n) is 12.9. The molecule has 0 aliphatic carbocycles. The van der Waals surface area contributed by atoms with E-state index in [1.165, 1.54) is 12.1 Å². The summed E-state index contributed by atoms with van der Waals surface area (Å²) in [7, 11) is -4.08. The lowest BCUT2D eigenvalue weighted by Gasteiger charge is -2.25. The van der Waals surface area contributed by atoms with Crippen molar-refractivity contribution in [2.75, 3.05) is 30.9 Å². The van der Waals surface area contributed by atoms with Gasteiger partial charge >= 0.3 is 0 Å². The third kappa shape index (κ3) is 5.42. The van der Waals surface area contributed by atoms with Crippen LogP contribution in [-0.4, -0.2) is 71.4 Å². The van der Waals surface area contributed by atoms with Gasteiger partial charge in [0.05, 0.1) is 23.7 Å². The van der Waals surface area contributed by atoms with Crippen LogP contribution < -0.4 is 9.46 Å². The van der Waals surface area contributed by atoms with Gasteiger partial charge in [0.1, 0.15) is 11.1 Å². The van der Waals surface area contributed by atoms with Gasteiger partial charge in [0.15, 0.2) is 0 Å². The lowest BCUT2D eigenvalue weighted by Crippen LogP contribution is -2.40. The summed E-state index contributed by atoms with van der Waals surface area (Å²) in [5.74, 6) is -0.129. The van der Waals surface area contributed by atoms with E-state index in [2.05, 4.69) is 24.6 Å². The number of fused-ring (bicyclic) bond motifs is 6. The van der Waals surface area contributed by atoms with Gasteiger partial charge in [0.2, 0.25) is 11.8 Å². The van der Waals surface area contributed by atoms with E-state index in [0.717, 1.165) is 21.7 Å². The van der Waals surface area contributed by atoms with E-state index in [4.69, 9.17) is 4.74 Å². The smallest absolute Gasteiger partial charge is 0.264 e. The van der Waals surface area contributed by atoms with Crippen molar-refractivity contribution in [3.63, 3.8) is 0 Å². The molecule has 0 spiro atoms. The van der Waals surface area contributed by atoms with Crippen LogP contribution in [0.4, 0.5) is 5.95 Å². The highest BCUT2D eigenvalue weighted by atomic mass is 32.2. The quantitative estimate of drug-likeness (QED) is 0.392. The summed E-state index contributed by atoms with van der Waals surface area (Å²) in [6, 6.07) is 13.7. The van der Waals surface area contributed by atoms with Gasteiger partial charge in [-0.3, -0.25) is 9.69 Å². The Balaban J connectivity index is 1.47. The second kappa shape index (κ2) is 10.6. The minimum atomic E-state index is -4.08. The number of carbonyl (C=O) groups excluding carboxylic acids is 1. The van der Waals surface area contributed by atoms with Crippen LogP contribution in [-0.2, 0) is 16.6 Å². The van der Waals surface area contributed by atoms with Gasteiger partial charge in [-0.05, 0) is 43.2 Å². The molecule has 4 aromatic rings. The van der Waals surface area contributed by atoms with Gasteiger partial charge in [-0.2, -0.15) is 4.98 Å². The molecule has 1 saturated heterocycles. The maximum absolute atomic E-state index is 13.6. The molecule has 2 aromatic carbocycles. The third-order valence-electron chi connectivity index (χ3n) is 7.05. The van der Waals surface area contributed by atoms with Gasteiger partial charge < -0.3 is 9.64 Å². The summed E-state index contributed by atoms with van der Waals surface area (Å²) in [5.41, 5.74) is 3.70. The SMILES string of the molecule is Cc1cccc(C)c1-c1cc2nc(n1)NS(=O)(=O)c1cccc(c1)C(=O)N1CCN(Cc3nccs3)CC(C1)O2. The number of sulfonamides is 1. The lowest BCUT2D eigenvalue weighted by molar-refractivity contribution is 0.0690. The molecule has 1 N–H and O–H groups in total. The van der Waals surface area contributed by atoms with Crippen LogP contribution in [0.25, 0.3) is 11.3 Å². The van der Waals surface area contributed by atoms with Crippen molar-refractivity contribution in [1.29, 1.82) is 0 Å². The first kappa shape index (κ1) is 26.4. The summed E-state index contributed by atoms with van der Waals surface area (Å²) >= 11 is 1.59. The van der Waals surface area contributed by atoms with Gasteiger partial charge in [0, 0.05) is 48.4 Å². The molecule has 2 aliphatic heterocycles. The largest absolute Gasteiger partial charge is 0.471 e. The van der Waals surface area contributed by atoms with Crippen molar-refractivity contribution < 1.29 is 17.9 Å². The van der Waals surface area contributed by atoms with E-state index in [1.807, 2.05) is 37.4 Å². The summed E-state index contributed by atoms with van der Waals surface area (Å²) in [5, 5.41) is 2.93. The number of anilines is 1. The van der Waals surface area contributed by atoms with Crippen molar-refractivity contribution in [1.82, 2.24) is 24.8 Å². The Morgan fingerprint density at radius 2 is 1.85 bits per heavy atom. The normalized spacial score (nSPS) is 18.9. The van der Waals surface area contributed by atoms with Crippen LogP contribution >= 0.6 is 11.3 Å². The van der Waals surface area contributed by atoms with Crippen LogP contribution in [0.15, 0.2) is 65.0 Å². The number of amides is 1. The van der Waals surface area contributed by atoms with Crippen LogP contribution in [0.2, 0.25) is 0 Å². The Labute approximate surface area is 236 Å². The Hall–Kier alpha value is -3.87. The number of thiazole rings is 1. The molecule has 40 heavy (non-hydrogen) atoms. The Morgan fingerprint density at radius 1 is 1.05 bits per heavy atom. The van der Waals surface area contributed by atoms with Crippen molar-refractivity contribution in [3.05, 3.63) is 81.8 Å². The predicted octanol–water partition coefficient (Wildman–Crippen LogP) is 3.74. The van der Waals surface area contributed by atoms with E-state index in [-0.39, 0.29) is 28.2 Å². The van der Waals surface area contributed by atoms with Crippen LogP contribution in [0.5, 0.6) is 5.88 Å². The molecular weight excluding hydrogens is 548 g/mol. The number of aryl methyl sites for hydroxylation is 2. The number of rotatable bonds is 3. The minimum absolute atomic E-state index is 0.0436. The van der Waals surface area contributed by atoms with Crippen LogP contribution in [0, 0.1) is 13.8 Å². The zero-order valence-electron chi connectivity index (χ0n) is 22.1. The van der Waals surface area contributed by atoms with Crippen LogP contribution in [0.3, 0.4) is 0 Å². The van der Waals surface area contributed by atoms with Gasteiger partial charge in [-0.1, -0.05) is 24.3 Å². The average Bonchev–Trinajstić information content (AvgIpc) is 3.34. The summed E-state index contributed by atoms with van der Waals surface area (Å²) in [6.07, 6.45) is 1.35. The number of aromatic nitrogens is 3. The second-order valence-corrected chi connectivity index (χ2v) is 12.6. The Bertz CT molecular complexity index is 1660. The monoisotopic (exact) mass is 576 g/mol. The maximum Gasteiger partial charge on any atom is 0.264 e. The number of hydrogen-bond donors (Lipinski definition) is 1. The Kier molecular flexibility index (Phi) is 6.99. The van der Waals surface area contributed by atoms with Gasteiger partial charge in [-0.25, -0.2) is 23.1 Å². The zero-order chi connectivity index (χ0) is 27.9. The highest BCUT2D eigenvalue weighted by Crippen LogP contribution is 2.30. The molecule has 1 amide bonds. The second-order valence-electron chi connectivity index (χ2n) is 9.97. The first-order valence-corrected chi connectivity index (χ1v) is 15.3. The van der Waals surface area contributed by atoms with Crippen molar-refractivity contribution in [2.45, 2.75) is 31.4 Å². The number of carbonyl (C=O) groups is 1. The fraction of sp³-hybridized carbons (Fsp3) is 0.286. The number of ether oxygens (including phenoxy) is 1. The molecule has 6 rings (SSSR count). The zero-order valence-corrected chi connectivity index (χ0v) is 23.7. The maximum atomic E-state index is 13.6. The molecule has 6 bridgehead atoms. The fourth-order valence-corrected chi connectivity index (χ4v) is 6.81. The molecule has 0 radical (unpaired) electrons. The fourth-order valence-electron chi connectivity index (χ4n) is 5.17. The highest BCUT2D eigenvalue weighted by molar-refractivity contribution is 7.92. The van der Waals surface area contributed by atoms with Gasteiger partial charge in [-0.15, -0.1) is 11.3 Å². The van der Waals surface area contributed by atoms with Crippen molar-refractivity contribution >= 4 is 33.2 Å². The Morgan fingerprint density at radius 3 is 2.62 bits per heavy atom. The first-order chi connectivity index (χ1) is 19.2. The number of hydrogen-bond acceptors (Lipinski definition) is 9. The van der Waals surface area contributed by atoms with E-state index < -0.39 is 16.1 Å². The molecule has 10 nitrogen and oxygen atoms in total. The highest BCUT2D eigenvalue weighted by Gasteiger charge is 2.30. The van der Waals surface area contributed by atoms with Crippen LogP contribution in [0.1, 0.15) is 26.5 Å².